The molecule has 1 aromatic heterocycles. The minimum atomic E-state index is -0.404. The maximum absolute atomic E-state index is 12.2. The van der Waals surface area contributed by atoms with Gasteiger partial charge in [-0.05, 0) is 26.2 Å². The fraction of sp³-hybridized carbons (Fsp3) is 0.389. The Balaban J connectivity index is 1.57. The van der Waals surface area contributed by atoms with Crippen LogP contribution in [0.2, 0.25) is 0 Å². The number of nitrogens with one attached hydrogen (secondary N) is 1. The van der Waals surface area contributed by atoms with Gasteiger partial charge < -0.3 is 14.7 Å². The van der Waals surface area contributed by atoms with Crippen molar-refractivity contribution in [3.63, 3.8) is 0 Å². The first-order chi connectivity index (χ1) is 11.6. The molecule has 1 aliphatic heterocycles. The number of nitrogens with zero attached hydrogens (tertiary/aromatic N) is 2. The number of amides is 2. The van der Waals surface area contributed by atoms with Crippen LogP contribution in [0.5, 0.6) is 0 Å². The van der Waals surface area contributed by atoms with E-state index >= 15 is 0 Å². The van der Waals surface area contributed by atoms with E-state index in [-0.39, 0.29) is 24.2 Å². The number of hydrogen-bond donors (Lipinski definition) is 1. The Labute approximate surface area is 140 Å². The van der Waals surface area contributed by atoms with Gasteiger partial charge in [0.25, 0.3) is 5.91 Å². The van der Waals surface area contributed by atoms with Crippen molar-refractivity contribution in [3.8, 4) is 11.3 Å². The lowest BCUT2D eigenvalue weighted by molar-refractivity contribution is -0.133. The predicted molar refractivity (Wildman–Crippen MR) is 89.3 cm³/mol. The van der Waals surface area contributed by atoms with E-state index < -0.39 is 5.91 Å². The quantitative estimate of drug-likeness (QED) is 0.936. The SMILES string of the molecule is CC1CCCCN1C(=O)CNC(=O)c1cc(-c2ccccc2)on1. The largest absolute Gasteiger partial charge is 0.355 e. The Bertz CT molecular complexity index is 711. The van der Waals surface area contributed by atoms with Gasteiger partial charge in [0.05, 0.1) is 6.54 Å². The van der Waals surface area contributed by atoms with Crippen LogP contribution in [0.1, 0.15) is 36.7 Å². The van der Waals surface area contributed by atoms with E-state index in [9.17, 15) is 9.59 Å². The molecule has 2 heterocycles. The molecule has 3 rings (SSSR count). The van der Waals surface area contributed by atoms with Gasteiger partial charge in [-0.1, -0.05) is 35.5 Å². The van der Waals surface area contributed by atoms with Gasteiger partial charge in [0, 0.05) is 24.2 Å². The smallest absolute Gasteiger partial charge is 0.273 e. The standard InChI is InChI=1S/C18H21N3O3/c1-13-7-5-6-10-21(13)17(22)12-19-18(23)15-11-16(24-20-15)14-8-3-2-4-9-14/h2-4,8-9,11,13H,5-7,10,12H2,1H3,(H,19,23). The average Bonchev–Trinajstić information content (AvgIpc) is 3.11. The summed E-state index contributed by atoms with van der Waals surface area (Å²) in [6, 6.07) is 11.2. The lowest BCUT2D eigenvalue weighted by atomic mass is 10.0. The predicted octanol–water partition coefficient (Wildman–Crippen LogP) is 2.47. The lowest BCUT2D eigenvalue weighted by Crippen LogP contribution is -2.46. The molecule has 6 nitrogen and oxygen atoms in total. The molecule has 1 fully saturated rings. The highest BCUT2D eigenvalue weighted by Gasteiger charge is 2.23. The summed E-state index contributed by atoms with van der Waals surface area (Å²) < 4.78 is 5.21. The summed E-state index contributed by atoms with van der Waals surface area (Å²) in [5.74, 6) is 0.0676. The van der Waals surface area contributed by atoms with Gasteiger partial charge in [0.1, 0.15) is 0 Å². The first-order valence-electron chi connectivity index (χ1n) is 8.25. The molecule has 6 heteroatoms. The minimum Gasteiger partial charge on any atom is -0.355 e. The Morgan fingerprint density at radius 2 is 2.08 bits per heavy atom. The number of aromatic nitrogens is 1. The first-order valence-corrected chi connectivity index (χ1v) is 8.25. The van der Waals surface area contributed by atoms with E-state index in [4.69, 9.17) is 4.52 Å². The second kappa shape index (κ2) is 7.29. The molecule has 0 radical (unpaired) electrons. The molecule has 0 spiro atoms. The van der Waals surface area contributed by atoms with Crippen LogP contribution in [0.25, 0.3) is 11.3 Å². The van der Waals surface area contributed by atoms with Gasteiger partial charge in [-0.3, -0.25) is 9.59 Å². The highest BCUT2D eigenvalue weighted by atomic mass is 16.5. The van der Waals surface area contributed by atoms with E-state index in [0.29, 0.717) is 5.76 Å². The van der Waals surface area contributed by atoms with E-state index in [0.717, 1.165) is 31.4 Å². The number of benzene rings is 1. The van der Waals surface area contributed by atoms with E-state index in [2.05, 4.69) is 10.5 Å². The molecule has 0 bridgehead atoms. The van der Waals surface area contributed by atoms with Crippen molar-refractivity contribution in [1.29, 1.82) is 0 Å². The summed E-state index contributed by atoms with van der Waals surface area (Å²) in [7, 11) is 0. The number of carbonyl (C=O) groups is 2. The second-order valence-electron chi connectivity index (χ2n) is 6.06. The molecular weight excluding hydrogens is 306 g/mol. The Morgan fingerprint density at radius 1 is 1.29 bits per heavy atom. The first kappa shape index (κ1) is 16.2. The molecule has 126 valence electrons. The molecule has 2 aromatic rings. The number of rotatable bonds is 4. The van der Waals surface area contributed by atoms with Crippen molar-refractivity contribution in [1.82, 2.24) is 15.4 Å². The molecule has 1 N–H and O–H groups in total. The summed E-state index contributed by atoms with van der Waals surface area (Å²) in [5, 5.41) is 6.41. The van der Waals surface area contributed by atoms with Crippen LogP contribution in [0.4, 0.5) is 0 Å². The summed E-state index contributed by atoms with van der Waals surface area (Å²) >= 11 is 0. The summed E-state index contributed by atoms with van der Waals surface area (Å²) in [6.45, 7) is 2.79. The van der Waals surface area contributed by atoms with Gasteiger partial charge >= 0.3 is 0 Å². The average molecular weight is 327 g/mol. The topological polar surface area (TPSA) is 75.4 Å². The third kappa shape index (κ3) is 3.64. The number of hydrogen-bond acceptors (Lipinski definition) is 4. The highest BCUT2D eigenvalue weighted by Crippen LogP contribution is 2.19. The Morgan fingerprint density at radius 3 is 2.83 bits per heavy atom. The fourth-order valence-electron chi connectivity index (χ4n) is 2.94. The molecular formula is C18H21N3O3. The Hall–Kier alpha value is -2.63. The van der Waals surface area contributed by atoms with Crippen LogP contribution in [-0.4, -0.2) is 41.0 Å². The maximum Gasteiger partial charge on any atom is 0.273 e. The van der Waals surface area contributed by atoms with E-state index in [1.54, 1.807) is 6.07 Å². The van der Waals surface area contributed by atoms with Crippen molar-refractivity contribution in [2.45, 2.75) is 32.2 Å². The van der Waals surface area contributed by atoms with Crippen LogP contribution >= 0.6 is 0 Å². The van der Waals surface area contributed by atoms with Gasteiger partial charge in [-0.25, -0.2) is 0 Å². The zero-order valence-electron chi connectivity index (χ0n) is 13.7. The third-order valence-electron chi connectivity index (χ3n) is 4.32. The molecule has 0 saturated carbocycles. The molecule has 1 saturated heterocycles. The van der Waals surface area contributed by atoms with Crippen LogP contribution < -0.4 is 5.32 Å². The molecule has 1 atom stereocenters. The molecule has 1 aromatic carbocycles. The Kier molecular flexibility index (Phi) is 4.93. The number of carbonyl (C=O) groups excluding carboxylic acids is 2. The van der Waals surface area contributed by atoms with Gasteiger partial charge in [0.2, 0.25) is 5.91 Å². The zero-order valence-corrected chi connectivity index (χ0v) is 13.7. The van der Waals surface area contributed by atoms with Gasteiger partial charge in [-0.2, -0.15) is 0 Å². The van der Waals surface area contributed by atoms with Crippen LogP contribution in [-0.2, 0) is 4.79 Å². The summed E-state index contributed by atoms with van der Waals surface area (Å²) in [5.41, 5.74) is 1.02. The van der Waals surface area contributed by atoms with Gasteiger partial charge in [-0.15, -0.1) is 0 Å². The van der Waals surface area contributed by atoms with Crippen LogP contribution in [0, 0.1) is 0 Å². The number of likely N-dealkylation sites (tertiary alicyclic amines) is 1. The lowest BCUT2D eigenvalue weighted by Gasteiger charge is -2.33. The summed E-state index contributed by atoms with van der Waals surface area (Å²) in [6.07, 6.45) is 3.19. The fourth-order valence-corrected chi connectivity index (χ4v) is 2.94. The molecule has 24 heavy (non-hydrogen) atoms. The molecule has 1 unspecified atom stereocenters. The van der Waals surface area contributed by atoms with Crippen LogP contribution in [0.3, 0.4) is 0 Å². The minimum absolute atomic E-state index is 0.0172. The molecule has 0 aliphatic carbocycles. The highest BCUT2D eigenvalue weighted by molar-refractivity contribution is 5.95. The monoisotopic (exact) mass is 327 g/mol. The van der Waals surface area contributed by atoms with Crippen molar-refractivity contribution < 1.29 is 14.1 Å². The third-order valence-corrected chi connectivity index (χ3v) is 4.32. The normalized spacial score (nSPS) is 17.5. The molecule has 2 amide bonds. The van der Waals surface area contributed by atoms with Gasteiger partial charge in [0.15, 0.2) is 11.5 Å². The number of piperidine rings is 1. The van der Waals surface area contributed by atoms with Crippen molar-refractivity contribution in [2.24, 2.45) is 0 Å². The van der Waals surface area contributed by atoms with Crippen molar-refractivity contribution in [3.05, 3.63) is 42.1 Å². The van der Waals surface area contributed by atoms with Crippen molar-refractivity contribution in [2.75, 3.05) is 13.1 Å². The van der Waals surface area contributed by atoms with Crippen molar-refractivity contribution >= 4 is 11.8 Å². The molecule has 1 aliphatic rings. The summed E-state index contributed by atoms with van der Waals surface area (Å²) in [4.78, 5) is 26.2. The van der Waals surface area contributed by atoms with E-state index in [1.807, 2.05) is 42.2 Å². The van der Waals surface area contributed by atoms with E-state index in [1.165, 1.54) is 0 Å². The zero-order chi connectivity index (χ0) is 16.9. The maximum atomic E-state index is 12.2. The second-order valence-corrected chi connectivity index (χ2v) is 6.06. The van der Waals surface area contributed by atoms with Crippen LogP contribution in [0.15, 0.2) is 40.9 Å².